The summed E-state index contributed by atoms with van der Waals surface area (Å²) in [6.07, 6.45) is 8.41. The molecule has 1 aromatic carbocycles. The van der Waals surface area contributed by atoms with Gasteiger partial charge < -0.3 is 5.32 Å². The second-order valence-electron chi connectivity index (χ2n) is 5.61. The Labute approximate surface area is 119 Å². The molecule has 1 atom stereocenters. The molecule has 1 aliphatic carbocycles. The van der Waals surface area contributed by atoms with Crippen LogP contribution in [0.4, 0.5) is 0 Å². The first kappa shape index (κ1) is 14.1. The highest BCUT2D eigenvalue weighted by Crippen LogP contribution is 2.34. The van der Waals surface area contributed by atoms with E-state index in [0.29, 0.717) is 6.04 Å². The number of hydrogen-bond donors (Lipinski definition) is 1. The van der Waals surface area contributed by atoms with Gasteiger partial charge in [-0.1, -0.05) is 60.2 Å². The predicted octanol–water partition coefficient (Wildman–Crippen LogP) is 4.99. The minimum Gasteiger partial charge on any atom is -0.313 e. The summed E-state index contributed by atoms with van der Waals surface area (Å²) >= 11 is 3.71. The molecule has 1 nitrogen and oxygen atoms in total. The van der Waals surface area contributed by atoms with Gasteiger partial charge in [-0.15, -0.1) is 0 Å². The lowest BCUT2D eigenvalue weighted by atomic mass is 9.83. The first-order valence-corrected chi connectivity index (χ1v) is 7.93. The van der Waals surface area contributed by atoms with Crippen LogP contribution in [-0.4, -0.2) is 7.05 Å². The van der Waals surface area contributed by atoms with Gasteiger partial charge in [0.15, 0.2) is 0 Å². The van der Waals surface area contributed by atoms with Gasteiger partial charge in [-0.05, 0) is 43.5 Å². The van der Waals surface area contributed by atoms with Crippen LogP contribution in [0.25, 0.3) is 0 Å². The Balaban J connectivity index is 2.07. The van der Waals surface area contributed by atoms with E-state index in [1.54, 1.807) is 0 Å². The minimum absolute atomic E-state index is 0.489. The molecule has 0 aliphatic heterocycles. The predicted molar refractivity (Wildman–Crippen MR) is 81.9 cm³/mol. The molecule has 1 fully saturated rings. The highest BCUT2D eigenvalue weighted by molar-refractivity contribution is 9.10. The molecule has 0 aromatic heterocycles. The average molecular weight is 310 g/mol. The third kappa shape index (κ3) is 3.58. The lowest BCUT2D eigenvalue weighted by molar-refractivity contribution is 0.305. The molecule has 0 radical (unpaired) electrons. The molecule has 0 spiro atoms. The van der Waals surface area contributed by atoms with Gasteiger partial charge in [0.05, 0.1) is 0 Å². The topological polar surface area (TPSA) is 12.0 Å². The van der Waals surface area contributed by atoms with E-state index in [9.17, 15) is 0 Å². The SMILES string of the molecule is CNC(CC1CCCCC1)c1ccc(C)cc1Br. The van der Waals surface area contributed by atoms with E-state index >= 15 is 0 Å². The van der Waals surface area contributed by atoms with E-state index in [-0.39, 0.29) is 0 Å². The van der Waals surface area contributed by atoms with Crippen LogP contribution in [0, 0.1) is 12.8 Å². The largest absolute Gasteiger partial charge is 0.313 e. The smallest absolute Gasteiger partial charge is 0.0331 e. The molecule has 100 valence electrons. The van der Waals surface area contributed by atoms with Crippen LogP contribution in [0.3, 0.4) is 0 Å². The Bertz CT molecular complexity index is 383. The van der Waals surface area contributed by atoms with Crippen LogP contribution in [0.5, 0.6) is 0 Å². The van der Waals surface area contributed by atoms with Crippen LogP contribution in [-0.2, 0) is 0 Å². The lowest BCUT2D eigenvalue weighted by Crippen LogP contribution is -2.21. The molecule has 2 heteroatoms. The van der Waals surface area contributed by atoms with Gasteiger partial charge in [-0.3, -0.25) is 0 Å². The van der Waals surface area contributed by atoms with Crippen molar-refractivity contribution in [2.75, 3.05) is 7.05 Å². The zero-order chi connectivity index (χ0) is 13.0. The molecule has 1 N–H and O–H groups in total. The normalized spacial score (nSPS) is 18.8. The summed E-state index contributed by atoms with van der Waals surface area (Å²) in [7, 11) is 2.08. The molecule has 0 bridgehead atoms. The van der Waals surface area contributed by atoms with Crippen molar-refractivity contribution in [2.45, 2.75) is 51.5 Å². The standard InChI is InChI=1S/C16H24BrN/c1-12-8-9-14(15(17)10-12)16(18-2)11-13-6-4-3-5-7-13/h8-10,13,16,18H,3-7,11H2,1-2H3. The molecular weight excluding hydrogens is 286 g/mol. The number of benzene rings is 1. The number of nitrogens with one attached hydrogen (secondary N) is 1. The molecule has 1 unspecified atom stereocenters. The van der Waals surface area contributed by atoms with Gasteiger partial charge in [-0.25, -0.2) is 0 Å². The average Bonchev–Trinajstić information content (AvgIpc) is 2.38. The Hall–Kier alpha value is -0.340. The second-order valence-corrected chi connectivity index (χ2v) is 6.46. The van der Waals surface area contributed by atoms with E-state index in [1.807, 2.05) is 0 Å². The highest BCUT2D eigenvalue weighted by Gasteiger charge is 2.20. The van der Waals surface area contributed by atoms with Crippen molar-refractivity contribution in [1.29, 1.82) is 0 Å². The van der Waals surface area contributed by atoms with Crippen molar-refractivity contribution in [1.82, 2.24) is 5.32 Å². The molecule has 0 heterocycles. The van der Waals surface area contributed by atoms with Crippen molar-refractivity contribution in [3.63, 3.8) is 0 Å². The van der Waals surface area contributed by atoms with Gasteiger partial charge in [0, 0.05) is 10.5 Å². The summed E-state index contributed by atoms with van der Waals surface area (Å²) in [6, 6.07) is 7.19. The number of rotatable bonds is 4. The Morgan fingerprint density at radius 1 is 1.28 bits per heavy atom. The van der Waals surface area contributed by atoms with E-state index in [2.05, 4.69) is 53.4 Å². The van der Waals surface area contributed by atoms with Gasteiger partial charge in [-0.2, -0.15) is 0 Å². The number of halogens is 1. The molecule has 0 saturated heterocycles. The van der Waals surface area contributed by atoms with Crippen LogP contribution in [0.2, 0.25) is 0 Å². The number of hydrogen-bond acceptors (Lipinski definition) is 1. The first-order chi connectivity index (χ1) is 8.70. The van der Waals surface area contributed by atoms with E-state index in [1.165, 1.54) is 54.1 Å². The quantitative estimate of drug-likeness (QED) is 0.826. The summed E-state index contributed by atoms with van der Waals surface area (Å²) < 4.78 is 1.25. The summed E-state index contributed by atoms with van der Waals surface area (Å²) in [5.41, 5.74) is 2.73. The number of aryl methyl sites for hydroxylation is 1. The summed E-state index contributed by atoms with van der Waals surface area (Å²) in [4.78, 5) is 0. The maximum absolute atomic E-state index is 3.71. The van der Waals surface area contributed by atoms with Crippen molar-refractivity contribution in [3.05, 3.63) is 33.8 Å². The van der Waals surface area contributed by atoms with Crippen molar-refractivity contribution < 1.29 is 0 Å². The molecule has 1 aliphatic rings. The van der Waals surface area contributed by atoms with Crippen molar-refractivity contribution in [3.8, 4) is 0 Å². The van der Waals surface area contributed by atoms with Crippen molar-refractivity contribution >= 4 is 15.9 Å². The molecular formula is C16H24BrN. The molecule has 2 rings (SSSR count). The highest BCUT2D eigenvalue weighted by atomic mass is 79.9. The van der Waals surface area contributed by atoms with Crippen LogP contribution in [0.15, 0.2) is 22.7 Å². The zero-order valence-electron chi connectivity index (χ0n) is 11.5. The summed E-state index contributed by atoms with van der Waals surface area (Å²) in [6.45, 7) is 2.14. The van der Waals surface area contributed by atoms with E-state index < -0.39 is 0 Å². The third-order valence-electron chi connectivity index (χ3n) is 4.17. The lowest BCUT2D eigenvalue weighted by Gasteiger charge is -2.27. The Morgan fingerprint density at radius 3 is 2.61 bits per heavy atom. The Kier molecular flexibility index (Phi) is 5.25. The van der Waals surface area contributed by atoms with Gasteiger partial charge in [0.2, 0.25) is 0 Å². The fourth-order valence-corrected chi connectivity index (χ4v) is 3.84. The fraction of sp³-hybridized carbons (Fsp3) is 0.625. The molecule has 18 heavy (non-hydrogen) atoms. The minimum atomic E-state index is 0.489. The van der Waals surface area contributed by atoms with Crippen LogP contribution in [0.1, 0.15) is 55.7 Å². The van der Waals surface area contributed by atoms with Crippen molar-refractivity contribution in [2.24, 2.45) is 5.92 Å². The molecule has 0 amide bonds. The van der Waals surface area contributed by atoms with Gasteiger partial charge >= 0.3 is 0 Å². The fourth-order valence-electron chi connectivity index (χ4n) is 3.07. The second kappa shape index (κ2) is 6.72. The maximum Gasteiger partial charge on any atom is 0.0331 e. The summed E-state index contributed by atoms with van der Waals surface area (Å²) in [5.74, 6) is 0.907. The van der Waals surface area contributed by atoms with Crippen LogP contribution >= 0.6 is 15.9 Å². The monoisotopic (exact) mass is 309 g/mol. The zero-order valence-corrected chi connectivity index (χ0v) is 13.1. The van der Waals surface area contributed by atoms with E-state index in [0.717, 1.165) is 5.92 Å². The van der Waals surface area contributed by atoms with E-state index in [4.69, 9.17) is 0 Å². The van der Waals surface area contributed by atoms with Gasteiger partial charge in [0.25, 0.3) is 0 Å². The van der Waals surface area contributed by atoms with Gasteiger partial charge in [0.1, 0.15) is 0 Å². The van der Waals surface area contributed by atoms with Crippen LogP contribution < -0.4 is 5.32 Å². The molecule has 1 aromatic rings. The third-order valence-corrected chi connectivity index (χ3v) is 4.86. The first-order valence-electron chi connectivity index (χ1n) is 7.14. The molecule has 1 saturated carbocycles. The summed E-state index contributed by atoms with van der Waals surface area (Å²) in [5, 5.41) is 3.50. The maximum atomic E-state index is 3.71. The Morgan fingerprint density at radius 2 is 2.00 bits per heavy atom.